The second-order valence-corrected chi connectivity index (χ2v) is 6.56. The van der Waals surface area contributed by atoms with Crippen molar-refractivity contribution in [3.05, 3.63) is 68.7 Å². The highest BCUT2D eigenvalue weighted by atomic mass is 35.5. The van der Waals surface area contributed by atoms with Gasteiger partial charge in [-0.3, -0.25) is 10.1 Å². The first-order valence-corrected chi connectivity index (χ1v) is 8.49. The number of halogens is 5. The molecule has 0 N–H and O–H groups in total. The number of likely N-dealkylation sites (N-methyl/N-ethyl adjacent to an activating group) is 1. The van der Waals surface area contributed by atoms with Crippen LogP contribution >= 0.6 is 11.6 Å². The molecule has 0 fully saturated rings. The van der Waals surface area contributed by atoms with E-state index in [0.717, 1.165) is 6.20 Å². The van der Waals surface area contributed by atoms with Crippen LogP contribution in [0.3, 0.4) is 0 Å². The number of hydrogen-bond acceptors (Lipinski definition) is 5. The smallest absolute Gasteiger partial charge is 0.416 e. The van der Waals surface area contributed by atoms with E-state index in [-0.39, 0.29) is 5.75 Å². The van der Waals surface area contributed by atoms with Crippen molar-refractivity contribution in [1.29, 1.82) is 0 Å². The Morgan fingerprint density at radius 1 is 1.31 bits per heavy atom. The van der Waals surface area contributed by atoms with Crippen molar-refractivity contribution in [1.82, 2.24) is 0 Å². The van der Waals surface area contributed by atoms with Crippen LogP contribution in [-0.4, -0.2) is 18.1 Å². The Kier molecular flexibility index (Phi) is 5.31. The molecule has 11 heteroatoms. The zero-order chi connectivity index (χ0) is 21.5. The lowest BCUT2D eigenvalue weighted by atomic mass is 10.1. The molecule has 0 radical (unpaired) electrons. The summed E-state index contributed by atoms with van der Waals surface area (Å²) in [5.41, 5.74) is -0.433. The van der Waals surface area contributed by atoms with Gasteiger partial charge in [0.1, 0.15) is 23.3 Å². The molecule has 0 spiro atoms. The number of benzene rings is 2. The molecule has 1 aliphatic rings. The van der Waals surface area contributed by atoms with Gasteiger partial charge < -0.3 is 14.4 Å². The predicted octanol–water partition coefficient (Wildman–Crippen LogP) is 5.63. The maximum Gasteiger partial charge on any atom is 0.416 e. The van der Waals surface area contributed by atoms with Crippen LogP contribution in [0.1, 0.15) is 12.5 Å². The summed E-state index contributed by atoms with van der Waals surface area (Å²) in [6, 6.07) is 5.17. The summed E-state index contributed by atoms with van der Waals surface area (Å²) in [6.07, 6.45) is -4.58. The third-order valence-electron chi connectivity index (χ3n) is 4.18. The molecule has 6 nitrogen and oxygen atoms in total. The monoisotopic (exact) mass is 432 g/mol. The molecule has 0 saturated heterocycles. The molecule has 0 aliphatic carbocycles. The van der Waals surface area contributed by atoms with Crippen LogP contribution in [0.5, 0.6) is 17.2 Å². The van der Waals surface area contributed by atoms with E-state index in [9.17, 15) is 27.7 Å². The Morgan fingerprint density at radius 2 is 2.00 bits per heavy atom. The van der Waals surface area contributed by atoms with Crippen LogP contribution < -0.4 is 14.4 Å². The molecule has 1 aliphatic heterocycles. The van der Waals surface area contributed by atoms with E-state index < -0.39 is 39.4 Å². The van der Waals surface area contributed by atoms with Crippen LogP contribution in [0.25, 0.3) is 0 Å². The molecule has 0 amide bonds. The Balaban J connectivity index is 1.93. The second-order valence-electron chi connectivity index (χ2n) is 6.16. The number of nitro groups is 1. The zero-order valence-corrected chi connectivity index (χ0v) is 15.7. The third kappa shape index (κ3) is 4.21. The molecule has 2 aromatic rings. The van der Waals surface area contributed by atoms with E-state index >= 15 is 0 Å². The van der Waals surface area contributed by atoms with Crippen molar-refractivity contribution in [2.24, 2.45) is 0 Å². The first-order chi connectivity index (χ1) is 13.5. The molecular weight excluding hydrogens is 420 g/mol. The van der Waals surface area contributed by atoms with Gasteiger partial charge in [0, 0.05) is 13.1 Å². The molecule has 154 valence electrons. The number of hydrogen-bond donors (Lipinski definition) is 0. The van der Waals surface area contributed by atoms with E-state index in [4.69, 9.17) is 21.1 Å². The normalized spacial score (nSPS) is 17.7. The second kappa shape index (κ2) is 7.43. The summed E-state index contributed by atoms with van der Waals surface area (Å²) in [5.74, 6) is -1.48. The molecule has 1 heterocycles. The number of rotatable bonds is 3. The first kappa shape index (κ1) is 20.7. The fraction of sp³-hybridized carbons (Fsp3) is 0.222. The minimum atomic E-state index is -4.75. The van der Waals surface area contributed by atoms with Gasteiger partial charge in [0.15, 0.2) is 11.6 Å². The van der Waals surface area contributed by atoms with Gasteiger partial charge in [-0.2, -0.15) is 13.2 Å². The Hall–Kier alpha value is -3.01. The topological polar surface area (TPSA) is 64.8 Å². The number of anilines is 1. The number of fused-ring (bicyclic) bond motifs is 1. The molecular formula is C18H13ClF4N2O4. The highest BCUT2D eigenvalue weighted by Crippen LogP contribution is 2.42. The number of alkyl halides is 3. The Morgan fingerprint density at radius 3 is 2.59 bits per heavy atom. The van der Waals surface area contributed by atoms with E-state index in [1.54, 1.807) is 18.9 Å². The molecule has 2 aromatic carbocycles. The summed E-state index contributed by atoms with van der Waals surface area (Å²) >= 11 is 5.77. The van der Waals surface area contributed by atoms with Crippen molar-refractivity contribution in [3.8, 4) is 17.2 Å². The maximum absolute atomic E-state index is 14.1. The molecule has 0 saturated carbocycles. The van der Waals surface area contributed by atoms with Crippen LogP contribution in [0.15, 0.2) is 42.2 Å². The van der Waals surface area contributed by atoms with Crippen molar-refractivity contribution in [3.63, 3.8) is 0 Å². The summed E-state index contributed by atoms with van der Waals surface area (Å²) in [6.45, 7) is 1.61. The molecule has 0 aromatic heterocycles. The minimum absolute atomic E-state index is 0.0617. The van der Waals surface area contributed by atoms with Gasteiger partial charge >= 0.3 is 6.18 Å². The maximum atomic E-state index is 14.1. The quantitative estimate of drug-likeness (QED) is 0.357. The van der Waals surface area contributed by atoms with Gasteiger partial charge in [-0.25, -0.2) is 4.39 Å². The minimum Gasteiger partial charge on any atom is -0.482 e. The van der Waals surface area contributed by atoms with E-state index in [1.165, 1.54) is 18.2 Å². The lowest BCUT2D eigenvalue weighted by molar-refractivity contribution is -0.404. The van der Waals surface area contributed by atoms with Crippen molar-refractivity contribution in [2.75, 3.05) is 11.9 Å². The van der Waals surface area contributed by atoms with Crippen LogP contribution in [0, 0.1) is 15.9 Å². The highest BCUT2D eigenvalue weighted by molar-refractivity contribution is 6.32. The molecule has 1 unspecified atom stereocenters. The van der Waals surface area contributed by atoms with Crippen LogP contribution in [0.2, 0.25) is 5.02 Å². The Labute approximate surface area is 167 Å². The standard InChI is InChI=1S/C18H13ClF4N2O4/c1-9-15(8-25(26)27)24(2)14-4-3-11(7-16(14)28-9)29-17-12(19)5-10(6-13(17)20)18(21,22)23/h3-9H,1-2H3/b15-8+. The first-order valence-electron chi connectivity index (χ1n) is 8.11. The lowest BCUT2D eigenvalue weighted by Gasteiger charge is -2.33. The fourth-order valence-electron chi connectivity index (χ4n) is 2.83. The average molecular weight is 433 g/mol. The van der Waals surface area contributed by atoms with Crippen molar-refractivity contribution >= 4 is 17.3 Å². The average Bonchev–Trinajstić information content (AvgIpc) is 2.60. The largest absolute Gasteiger partial charge is 0.482 e. The fourth-order valence-corrected chi connectivity index (χ4v) is 3.08. The number of nitrogens with zero attached hydrogens (tertiary/aromatic N) is 2. The summed E-state index contributed by atoms with van der Waals surface area (Å²) in [4.78, 5) is 11.7. The van der Waals surface area contributed by atoms with Gasteiger partial charge in [-0.15, -0.1) is 0 Å². The van der Waals surface area contributed by atoms with Crippen LogP contribution in [0.4, 0.5) is 23.2 Å². The number of ether oxygens (including phenoxy) is 2. The summed E-state index contributed by atoms with van der Waals surface area (Å²) < 4.78 is 63.4. The summed E-state index contributed by atoms with van der Waals surface area (Å²) in [5, 5.41) is 10.2. The van der Waals surface area contributed by atoms with Crippen molar-refractivity contribution < 1.29 is 32.0 Å². The van der Waals surface area contributed by atoms with Gasteiger partial charge in [0.05, 0.1) is 21.2 Å². The van der Waals surface area contributed by atoms with Gasteiger partial charge in [0.2, 0.25) is 0 Å². The SMILES string of the molecule is CC1Oc2cc(Oc3c(F)cc(C(F)(F)F)cc3Cl)ccc2N(C)/C1=C/[N+](=O)[O-]. The zero-order valence-electron chi connectivity index (χ0n) is 15.0. The predicted molar refractivity (Wildman–Crippen MR) is 96.5 cm³/mol. The summed E-state index contributed by atoms with van der Waals surface area (Å²) in [7, 11) is 1.61. The van der Waals surface area contributed by atoms with Gasteiger partial charge in [-0.05, 0) is 31.2 Å². The van der Waals surface area contributed by atoms with Crippen LogP contribution in [-0.2, 0) is 6.18 Å². The lowest BCUT2D eigenvalue weighted by Crippen LogP contribution is -2.34. The highest BCUT2D eigenvalue weighted by Gasteiger charge is 2.33. The molecule has 29 heavy (non-hydrogen) atoms. The van der Waals surface area contributed by atoms with E-state index in [0.29, 0.717) is 29.3 Å². The van der Waals surface area contributed by atoms with E-state index in [2.05, 4.69) is 0 Å². The van der Waals surface area contributed by atoms with Crippen molar-refractivity contribution in [2.45, 2.75) is 19.2 Å². The van der Waals surface area contributed by atoms with Gasteiger partial charge in [0.25, 0.3) is 6.20 Å². The Bertz CT molecular complexity index is 987. The van der Waals surface area contributed by atoms with E-state index in [1.807, 2.05) is 0 Å². The molecule has 0 bridgehead atoms. The third-order valence-corrected chi connectivity index (χ3v) is 4.46. The molecule has 1 atom stereocenters. The molecule has 3 rings (SSSR count). The van der Waals surface area contributed by atoms with Gasteiger partial charge in [-0.1, -0.05) is 11.6 Å².